The molecule has 2 amide bonds. The lowest BCUT2D eigenvalue weighted by molar-refractivity contribution is -0.0233. The first kappa shape index (κ1) is 63.4. The SMILES string of the molecule is CC[C@@H]1[C@H](OC)C/C=C/C(OCc2cc3cc4c2OC[C@]2(CCCc5cc(Cl)ccc52)CN4CC2CCC2C(OC)/C=C/C[C@H](OC)[C@H](CC)S(=O)(=O)NC3=O)C2CCC2CN2CCCCc3cc(Cl)ccc3COc3ccc(cc32)C(=O)NS1(=O)=O. The minimum Gasteiger partial charge on any atom is -0.490 e. The molecule has 4 heterocycles. The number of carbonyl (C=O) groups excluding carboxylic acids is 2. The summed E-state index contributed by atoms with van der Waals surface area (Å²) < 4.78 is 102. The summed E-state index contributed by atoms with van der Waals surface area (Å²) in [5, 5.41) is -0.789. The smallest absolute Gasteiger partial charge is 0.264 e. The fourth-order valence-electron chi connectivity index (χ4n) is 15.0. The zero-order valence-corrected chi connectivity index (χ0v) is 53.8. The highest BCUT2D eigenvalue weighted by atomic mass is 35.5. The van der Waals surface area contributed by atoms with Crippen molar-refractivity contribution in [2.75, 3.05) is 63.9 Å². The van der Waals surface area contributed by atoms with E-state index in [0.717, 1.165) is 75.3 Å². The lowest BCUT2D eigenvalue weighted by Gasteiger charge is -2.46. The Bertz CT molecular complexity index is 3470. The number of fused-ring (bicyclic) bond motifs is 7. The Balaban J connectivity index is 1.00. The van der Waals surface area contributed by atoms with Crippen LogP contribution in [0.4, 0.5) is 11.4 Å². The first-order valence-electron chi connectivity index (χ1n) is 31.2. The van der Waals surface area contributed by atoms with Gasteiger partial charge in [-0.05, 0) is 190 Å². The van der Waals surface area contributed by atoms with E-state index >= 15 is 0 Å². The monoisotopic (exact) mass is 1270 g/mol. The van der Waals surface area contributed by atoms with E-state index in [1.54, 1.807) is 51.3 Å². The first-order valence-corrected chi connectivity index (χ1v) is 35.1. The molecule has 11 atom stereocenters. The number of nitrogens with zero attached hydrogens (tertiary/aromatic N) is 2. The number of hydrogen-bond acceptors (Lipinski definition) is 14. The predicted octanol–water partition coefficient (Wildman–Crippen LogP) is 11.5. The van der Waals surface area contributed by atoms with Gasteiger partial charge in [0.05, 0.1) is 49.0 Å². The minimum absolute atomic E-state index is 0.0204. The van der Waals surface area contributed by atoms with Gasteiger partial charge in [-0.1, -0.05) is 73.5 Å². The van der Waals surface area contributed by atoms with E-state index in [9.17, 15) is 26.4 Å². The van der Waals surface area contributed by atoms with Gasteiger partial charge in [-0.15, -0.1) is 0 Å². The molecule has 1 spiro atoms. The number of nitrogens with one attached hydrogen (secondary N) is 2. The second-order valence-electron chi connectivity index (χ2n) is 25.1. The molecular formula is C67H84Cl2N4O12S2. The second-order valence-corrected chi connectivity index (χ2v) is 29.7. The van der Waals surface area contributed by atoms with Crippen LogP contribution in [-0.2, 0) is 70.5 Å². The van der Waals surface area contributed by atoms with Crippen molar-refractivity contribution >= 4 is 66.4 Å². The standard InChI is InChI=1S/C67H84Cl2N4O12S2/c1-6-62-61(82-5)18-11-16-58(53-26-21-45(53)36-72-30-9-8-13-42-32-50(68)23-19-47(42)38-84-59-28-22-44(34-55(59)72)65(74)70-86(62,76)77)83-39-49-31-48-35-56-64(49)85-41-67(29-12-14-43-33-51(69)24-27-54(43)67)40-73(56)37-46-20-25-52(46)57(80-3)15-10-17-60(81-4)63(7-2)87(78,79)71-66(48)75/h10-11,15-16,19,22-24,27-28,31-35,45-46,52-53,57-58,60-63H,6-9,12-14,17-18,20-21,25-26,29-30,36-41H2,1-5H3,(H,70,74)(H,71,75)/b15-10+,16-11+/t45?,46?,52?,53?,57?,58?,60-,61+,62+,63-,67-/m0/s1. The average Bonchev–Trinajstić information content (AvgIpc) is 1.83. The number of ether oxygens (including phenoxy) is 6. The molecule has 2 saturated carbocycles. The van der Waals surface area contributed by atoms with E-state index in [4.69, 9.17) is 51.6 Å². The third kappa shape index (κ3) is 13.5. The summed E-state index contributed by atoms with van der Waals surface area (Å²) in [7, 11) is -3.87. The minimum atomic E-state index is -4.30. The molecule has 7 aliphatic rings. The molecule has 470 valence electrons. The van der Waals surface area contributed by atoms with Crippen LogP contribution in [0.1, 0.15) is 139 Å². The maximum absolute atomic E-state index is 14.9. The molecule has 16 nitrogen and oxygen atoms in total. The molecule has 4 bridgehead atoms. The molecule has 0 saturated heterocycles. The van der Waals surface area contributed by atoms with Gasteiger partial charge in [0.15, 0.2) is 0 Å². The number of sulfonamides is 2. The summed E-state index contributed by atoms with van der Waals surface area (Å²) in [4.78, 5) is 33.7. The number of rotatable bonds is 8. The third-order valence-corrected chi connectivity index (χ3v) is 24.3. The Hall–Kier alpha value is -5.18. The van der Waals surface area contributed by atoms with Gasteiger partial charge >= 0.3 is 0 Å². The fraction of sp³-hybridized carbons (Fsp3) is 0.552. The van der Waals surface area contributed by atoms with E-state index in [-0.39, 0.29) is 73.4 Å². The molecule has 2 fully saturated rings. The van der Waals surface area contributed by atoms with E-state index < -0.39 is 66.1 Å². The molecule has 4 aliphatic heterocycles. The first-order chi connectivity index (χ1) is 41.9. The number of methoxy groups -OCH3 is 3. The van der Waals surface area contributed by atoms with Crippen LogP contribution in [0.15, 0.2) is 91.0 Å². The molecule has 4 aromatic carbocycles. The second kappa shape index (κ2) is 27.1. The molecule has 4 aromatic rings. The van der Waals surface area contributed by atoms with Crippen molar-refractivity contribution in [1.29, 1.82) is 0 Å². The zero-order valence-electron chi connectivity index (χ0n) is 50.6. The molecule has 0 aromatic heterocycles. The van der Waals surface area contributed by atoms with Crippen molar-refractivity contribution in [2.24, 2.45) is 23.7 Å². The average molecular weight is 1270 g/mol. The molecule has 87 heavy (non-hydrogen) atoms. The number of aryl methyl sites for hydroxylation is 2. The normalized spacial score (nSPS) is 30.7. The maximum Gasteiger partial charge on any atom is 0.264 e. The highest BCUT2D eigenvalue weighted by molar-refractivity contribution is 7.91. The summed E-state index contributed by atoms with van der Waals surface area (Å²) in [6, 6.07) is 20.7. The molecular weight excluding hydrogens is 1190 g/mol. The number of carbonyl (C=O) groups is 2. The van der Waals surface area contributed by atoms with Gasteiger partial charge in [0.25, 0.3) is 11.8 Å². The van der Waals surface area contributed by atoms with Crippen LogP contribution in [0.2, 0.25) is 10.0 Å². The Morgan fingerprint density at radius 1 is 0.644 bits per heavy atom. The Morgan fingerprint density at radius 3 is 1.92 bits per heavy atom. The number of amides is 2. The number of benzene rings is 4. The molecule has 2 N–H and O–H groups in total. The summed E-state index contributed by atoms with van der Waals surface area (Å²) in [6.45, 7) is 6.56. The largest absolute Gasteiger partial charge is 0.490 e. The van der Waals surface area contributed by atoms with Crippen molar-refractivity contribution in [3.05, 3.63) is 140 Å². The van der Waals surface area contributed by atoms with Crippen molar-refractivity contribution in [3.8, 4) is 11.5 Å². The Morgan fingerprint density at radius 2 is 1.26 bits per heavy atom. The van der Waals surface area contributed by atoms with Gasteiger partial charge in [0, 0.05) is 79.7 Å². The predicted molar refractivity (Wildman–Crippen MR) is 339 cm³/mol. The number of halogens is 2. The van der Waals surface area contributed by atoms with Crippen molar-refractivity contribution < 1.29 is 54.8 Å². The summed E-state index contributed by atoms with van der Waals surface area (Å²) in [5.41, 5.74) is 6.34. The van der Waals surface area contributed by atoms with Gasteiger partial charge in [0.1, 0.15) is 28.6 Å². The van der Waals surface area contributed by atoms with Crippen molar-refractivity contribution in [1.82, 2.24) is 9.44 Å². The van der Waals surface area contributed by atoms with Crippen LogP contribution in [0.5, 0.6) is 11.5 Å². The number of anilines is 2. The highest BCUT2D eigenvalue weighted by Gasteiger charge is 2.46. The van der Waals surface area contributed by atoms with Crippen LogP contribution in [0.25, 0.3) is 0 Å². The topological polar surface area (TPSA) is 188 Å². The summed E-state index contributed by atoms with van der Waals surface area (Å²) in [6.07, 6.45) is 15.3. The highest BCUT2D eigenvalue weighted by Crippen LogP contribution is 2.49. The Kier molecular flexibility index (Phi) is 19.8. The van der Waals surface area contributed by atoms with Gasteiger partial charge in [-0.3, -0.25) is 9.59 Å². The van der Waals surface area contributed by atoms with E-state index in [1.807, 2.05) is 48.6 Å². The molecule has 0 radical (unpaired) electrons. The van der Waals surface area contributed by atoms with Crippen molar-refractivity contribution in [2.45, 2.75) is 157 Å². The molecule has 3 aliphatic carbocycles. The Labute approximate surface area is 524 Å². The van der Waals surface area contributed by atoms with E-state index in [1.165, 1.54) is 25.3 Å². The summed E-state index contributed by atoms with van der Waals surface area (Å²) >= 11 is 13.2. The van der Waals surface area contributed by atoms with Gasteiger partial charge in [0.2, 0.25) is 20.0 Å². The lowest BCUT2D eigenvalue weighted by Crippen LogP contribution is -2.49. The van der Waals surface area contributed by atoms with Crippen molar-refractivity contribution in [3.63, 3.8) is 0 Å². The van der Waals surface area contributed by atoms with Gasteiger partial charge in [-0.2, -0.15) is 0 Å². The van der Waals surface area contributed by atoms with Crippen LogP contribution in [-0.4, -0.2) is 118 Å². The van der Waals surface area contributed by atoms with E-state index in [2.05, 4.69) is 31.4 Å². The molecule has 11 rings (SSSR count). The third-order valence-electron chi connectivity index (χ3n) is 20.0. The van der Waals surface area contributed by atoms with Crippen LogP contribution < -0.4 is 28.7 Å². The van der Waals surface area contributed by atoms with Crippen LogP contribution in [0, 0.1) is 23.7 Å². The zero-order chi connectivity index (χ0) is 61.2. The maximum atomic E-state index is 14.9. The van der Waals surface area contributed by atoms with Crippen LogP contribution in [0.3, 0.4) is 0 Å². The van der Waals surface area contributed by atoms with E-state index in [0.29, 0.717) is 77.7 Å². The summed E-state index contributed by atoms with van der Waals surface area (Å²) in [5.74, 6) is 0.0899. The lowest BCUT2D eigenvalue weighted by atomic mass is 9.68. The van der Waals surface area contributed by atoms with Gasteiger partial charge in [-0.25, -0.2) is 26.3 Å². The number of hydrogen-bond donors (Lipinski definition) is 2. The quantitative estimate of drug-likeness (QED) is 0.159. The molecule has 6 unspecified atom stereocenters. The van der Waals surface area contributed by atoms with Crippen LogP contribution >= 0.6 is 23.2 Å². The molecule has 20 heteroatoms. The van der Waals surface area contributed by atoms with Gasteiger partial charge < -0.3 is 38.2 Å². The fourth-order valence-corrected chi connectivity index (χ4v) is 18.5.